The summed E-state index contributed by atoms with van der Waals surface area (Å²) < 4.78 is 12.8. The van der Waals surface area contributed by atoms with Crippen molar-refractivity contribution in [1.82, 2.24) is 14.9 Å². The van der Waals surface area contributed by atoms with E-state index in [1.807, 2.05) is 37.4 Å². The zero-order chi connectivity index (χ0) is 16.7. The first-order valence-corrected chi connectivity index (χ1v) is 7.94. The van der Waals surface area contributed by atoms with E-state index in [-0.39, 0.29) is 30.8 Å². The lowest BCUT2D eigenvalue weighted by molar-refractivity contribution is 0.0178. The molecule has 2 saturated heterocycles. The molecule has 7 nitrogen and oxygen atoms in total. The Bertz CT molecular complexity index is 746. The highest BCUT2D eigenvalue weighted by atomic mass is 16.6. The molecule has 0 bridgehead atoms. The largest absolute Gasteiger partial charge is 0.388 e. The number of aliphatic hydroxyl groups is 1. The van der Waals surface area contributed by atoms with Crippen LogP contribution in [0.15, 0.2) is 36.5 Å². The van der Waals surface area contributed by atoms with Crippen molar-refractivity contribution in [3.05, 3.63) is 42.2 Å². The van der Waals surface area contributed by atoms with Crippen LogP contribution in [0.3, 0.4) is 0 Å². The van der Waals surface area contributed by atoms with Crippen LogP contribution in [-0.4, -0.2) is 58.1 Å². The number of imidazole rings is 1. The number of amides is 1. The maximum absolute atomic E-state index is 12.6. The summed E-state index contributed by atoms with van der Waals surface area (Å²) in [5.74, 6) is 0.500. The van der Waals surface area contributed by atoms with Gasteiger partial charge in [0.1, 0.15) is 29.8 Å². The molecule has 1 amide bonds. The molecule has 0 aliphatic carbocycles. The van der Waals surface area contributed by atoms with Crippen molar-refractivity contribution in [2.24, 2.45) is 7.05 Å². The zero-order valence-electron chi connectivity index (χ0n) is 13.3. The quantitative estimate of drug-likeness (QED) is 0.848. The Morgan fingerprint density at radius 3 is 2.79 bits per heavy atom. The predicted octanol–water partition coefficient (Wildman–Crippen LogP) is 0.344. The van der Waals surface area contributed by atoms with Crippen LogP contribution in [-0.2, 0) is 16.5 Å². The second kappa shape index (κ2) is 6.01. The molecule has 0 saturated carbocycles. The number of aliphatic hydroxyl groups excluding tert-OH is 1. The van der Waals surface area contributed by atoms with Crippen LogP contribution < -0.4 is 5.32 Å². The lowest BCUT2D eigenvalue weighted by Gasteiger charge is -2.17. The fraction of sp³-hybridized carbons (Fsp3) is 0.412. The molecule has 1 aromatic carbocycles. The summed E-state index contributed by atoms with van der Waals surface area (Å²) in [7, 11) is 1.81. The third kappa shape index (κ3) is 2.50. The van der Waals surface area contributed by atoms with Gasteiger partial charge in [0.25, 0.3) is 5.91 Å². The third-order valence-electron chi connectivity index (χ3n) is 4.60. The average Bonchev–Trinajstić information content (AvgIpc) is 3.26. The van der Waals surface area contributed by atoms with Crippen molar-refractivity contribution in [2.45, 2.75) is 24.4 Å². The first-order chi connectivity index (χ1) is 11.6. The van der Waals surface area contributed by atoms with Crippen molar-refractivity contribution < 1.29 is 19.4 Å². The first kappa shape index (κ1) is 15.3. The van der Waals surface area contributed by atoms with Crippen LogP contribution in [0, 0.1) is 0 Å². The van der Waals surface area contributed by atoms with Crippen LogP contribution in [0.25, 0.3) is 11.4 Å². The molecule has 2 N–H and O–H groups in total. The minimum Gasteiger partial charge on any atom is -0.388 e. The van der Waals surface area contributed by atoms with E-state index < -0.39 is 6.10 Å². The van der Waals surface area contributed by atoms with E-state index in [4.69, 9.17) is 9.47 Å². The summed E-state index contributed by atoms with van der Waals surface area (Å²) in [5, 5.41) is 12.7. The Morgan fingerprint density at radius 2 is 2.00 bits per heavy atom. The number of carbonyl (C=O) groups is 1. The second-order valence-electron chi connectivity index (χ2n) is 6.14. The Morgan fingerprint density at radius 1 is 1.25 bits per heavy atom. The van der Waals surface area contributed by atoms with Crippen LogP contribution in [0.5, 0.6) is 0 Å². The molecule has 126 valence electrons. The lowest BCUT2D eigenvalue weighted by Crippen LogP contribution is -2.44. The monoisotopic (exact) mass is 329 g/mol. The SMILES string of the molecule is Cn1c(C(=O)N[C@H]2CO[C@H]3[C@@H]2OC[C@H]3O)cnc1-c1ccccc1. The van der Waals surface area contributed by atoms with Crippen molar-refractivity contribution >= 4 is 5.91 Å². The summed E-state index contributed by atoms with van der Waals surface area (Å²) in [6.45, 7) is 0.576. The molecule has 2 aromatic rings. The molecule has 0 radical (unpaired) electrons. The lowest BCUT2D eigenvalue weighted by atomic mass is 10.1. The van der Waals surface area contributed by atoms with Gasteiger partial charge in [-0.05, 0) is 0 Å². The highest BCUT2D eigenvalue weighted by Gasteiger charge is 2.47. The first-order valence-electron chi connectivity index (χ1n) is 7.94. The van der Waals surface area contributed by atoms with E-state index in [1.165, 1.54) is 0 Å². The van der Waals surface area contributed by atoms with E-state index in [2.05, 4.69) is 10.3 Å². The molecule has 2 aliphatic heterocycles. The van der Waals surface area contributed by atoms with Crippen LogP contribution in [0.4, 0.5) is 0 Å². The minimum absolute atomic E-state index is 0.230. The molecule has 2 fully saturated rings. The summed E-state index contributed by atoms with van der Waals surface area (Å²) in [6.07, 6.45) is 0.278. The van der Waals surface area contributed by atoms with Gasteiger partial charge < -0.3 is 24.5 Å². The van der Waals surface area contributed by atoms with Gasteiger partial charge >= 0.3 is 0 Å². The van der Waals surface area contributed by atoms with Crippen LogP contribution in [0.1, 0.15) is 10.5 Å². The van der Waals surface area contributed by atoms with Gasteiger partial charge in [-0.2, -0.15) is 0 Å². The van der Waals surface area contributed by atoms with Crippen molar-refractivity contribution in [3.8, 4) is 11.4 Å². The number of aromatic nitrogens is 2. The number of hydrogen-bond donors (Lipinski definition) is 2. The number of nitrogens with zero attached hydrogens (tertiary/aromatic N) is 2. The van der Waals surface area contributed by atoms with Crippen molar-refractivity contribution in [1.29, 1.82) is 0 Å². The molecule has 2 aliphatic rings. The topological polar surface area (TPSA) is 85.6 Å². The Balaban J connectivity index is 1.51. The molecular weight excluding hydrogens is 310 g/mol. The smallest absolute Gasteiger partial charge is 0.269 e. The number of rotatable bonds is 3. The normalized spacial score (nSPS) is 28.8. The summed E-state index contributed by atoms with van der Waals surface area (Å²) in [4.78, 5) is 17.0. The molecule has 4 rings (SSSR count). The maximum atomic E-state index is 12.6. The minimum atomic E-state index is -0.627. The molecule has 24 heavy (non-hydrogen) atoms. The van der Waals surface area contributed by atoms with Crippen molar-refractivity contribution in [3.63, 3.8) is 0 Å². The Hall–Kier alpha value is -2.22. The van der Waals surface area contributed by atoms with Crippen LogP contribution in [0.2, 0.25) is 0 Å². The molecule has 3 heterocycles. The van der Waals surface area contributed by atoms with Gasteiger partial charge in [0, 0.05) is 12.6 Å². The van der Waals surface area contributed by atoms with Gasteiger partial charge in [0.05, 0.1) is 25.5 Å². The number of hydrogen-bond acceptors (Lipinski definition) is 5. The van der Waals surface area contributed by atoms with E-state index in [9.17, 15) is 9.90 Å². The van der Waals surface area contributed by atoms with Gasteiger partial charge in [-0.3, -0.25) is 4.79 Å². The molecule has 1 aromatic heterocycles. The Kier molecular flexibility index (Phi) is 3.84. The van der Waals surface area contributed by atoms with Gasteiger partial charge in [-0.15, -0.1) is 0 Å². The van der Waals surface area contributed by atoms with E-state index in [0.29, 0.717) is 12.3 Å². The highest BCUT2D eigenvalue weighted by Crippen LogP contribution is 2.27. The van der Waals surface area contributed by atoms with Crippen molar-refractivity contribution in [2.75, 3.05) is 13.2 Å². The number of ether oxygens (including phenoxy) is 2. The summed E-state index contributed by atoms with van der Waals surface area (Å²) in [5.41, 5.74) is 1.42. The van der Waals surface area contributed by atoms with E-state index in [1.54, 1.807) is 10.8 Å². The maximum Gasteiger partial charge on any atom is 0.269 e. The molecule has 7 heteroatoms. The van der Waals surface area contributed by atoms with E-state index in [0.717, 1.165) is 11.4 Å². The predicted molar refractivity (Wildman–Crippen MR) is 85.4 cm³/mol. The molecular formula is C17H19N3O4. The van der Waals surface area contributed by atoms with Gasteiger partial charge in [0.15, 0.2) is 0 Å². The molecule has 4 atom stereocenters. The van der Waals surface area contributed by atoms with E-state index >= 15 is 0 Å². The summed E-state index contributed by atoms with van der Waals surface area (Å²) >= 11 is 0. The number of nitrogens with one attached hydrogen (secondary N) is 1. The number of benzene rings is 1. The second-order valence-corrected chi connectivity index (χ2v) is 6.14. The number of fused-ring (bicyclic) bond motifs is 1. The standard InChI is InChI=1S/C17H19N3O4/c1-20-12(7-18-16(20)10-5-3-2-4-6-10)17(22)19-11-8-23-15-13(21)9-24-14(11)15/h2-7,11,13-15,21H,8-9H2,1H3,(H,19,22)/t11-,13+,14+,15+/m0/s1. The zero-order valence-corrected chi connectivity index (χ0v) is 13.3. The molecule has 0 unspecified atom stereocenters. The Labute approximate surface area is 139 Å². The number of carbonyl (C=O) groups excluding carboxylic acids is 1. The third-order valence-corrected chi connectivity index (χ3v) is 4.60. The highest BCUT2D eigenvalue weighted by molar-refractivity contribution is 5.93. The summed E-state index contributed by atoms with van der Waals surface area (Å²) in [6, 6.07) is 9.44. The molecule has 0 spiro atoms. The average molecular weight is 329 g/mol. The van der Waals surface area contributed by atoms with Crippen LogP contribution >= 0.6 is 0 Å². The van der Waals surface area contributed by atoms with Gasteiger partial charge in [0.2, 0.25) is 0 Å². The van der Waals surface area contributed by atoms with Gasteiger partial charge in [-0.1, -0.05) is 30.3 Å². The fourth-order valence-corrected chi connectivity index (χ4v) is 3.32. The van der Waals surface area contributed by atoms with Gasteiger partial charge in [-0.25, -0.2) is 4.98 Å². The fourth-order valence-electron chi connectivity index (χ4n) is 3.32.